The zero-order chi connectivity index (χ0) is 23.6. The number of aromatic nitrogens is 1. The van der Waals surface area contributed by atoms with Gasteiger partial charge in [-0.3, -0.25) is 14.6 Å². The Balaban J connectivity index is 1.24. The van der Waals surface area contributed by atoms with Crippen LogP contribution in [-0.2, 0) is 11.3 Å². The average Bonchev–Trinajstić information content (AvgIpc) is 3.67. The summed E-state index contributed by atoms with van der Waals surface area (Å²) in [7, 11) is 0. The lowest BCUT2D eigenvalue weighted by molar-refractivity contribution is -0.123. The first-order chi connectivity index (χ1) is 16.7. The molecule has 1 heterocycles. The fourth-order valence-electron chi connectivity index (χ4n) is 4.16. The quantitative estimate of drug-likeness (QED) is 0.362. The van der Waals surface area contributed by atoms with Crippen LogP contribution in [0.3, 0.4) is 0 Å². The van der Waals surface area contributed by atoms with Gasteiger partial charge in [0.2, 0.25) is 5.91 Å². The molecule has 34 heavy (non-hydrogen) atoms. The number of hydrogen-bond donors (Lipinski definition) is 3. The van der Waals surface area contributed by atoms with Gasteiger partial charge in [-0.05, 0) is 55.5 Å². The van der Waals surface area contributed by atoms with Crippen LogP contribution in [0.5, 0.6) is 0 Å². The van der Waals surface area contributed by atoms with Crippen molar-refractivity contribution in [2.75, 3.05) is 6.54 Å². The maximum atomic E-state index is 12.9. The molecule has 6 nitrogen and oxygen atoms in total. The lowest BCUT2D eigenvalue weighted by Gasteiger charge is -2.18. The lowest BCUT2D eigenvalue weighted by atomic mass is 10.1. The number of unbranched alkanes of at least 4 members (excludes halogenated alkanes) is 1. The minimum absolute atomic E-state index is 0.174. The summed E-state index contributed by atoms with van der Waals surface area (Å²) in [5.74, 6) is 0.102. The number of nitrogens with zero attached hydrogens (tertiary/aromatic N) is 1. The van der Waals surface area contributed by atoms with Crippen molar-refractivity contribution in [1.82, 2.24) is 20.9 Å². The van der Waals surface area contributed by atoms with Crippen molar-refractivity contribution < 1.29 is 9.59 Å². The smallest absolute Gasteiger partial charge is 0.270 e. The maximum absolute atomic E-state index is 12.9. The Morgan fingerprint density at radius 3 is 2.38 bits per heavy atom. The number of benzene rings is 2. The van der Waals surface area contributed by atoms with Crippen LogP contribution in [0.15, 0.2) is 85.1 Å². The van der Waals surface area contributed by atoms with Crippen LogP contribution in [0.1, 0.15) is 53.2 Å². The van der Waals surface area contributed by atoms with Crippen molar-refractivity contribution in [3.63, 3.8) is 0 Å². The third-order valence-corrected chi connectivity index (χ3v) is 6.17. The number of pyridine rings is 1. The van der Waals surface area contributed by atoms with E-state index in [4.69, 9.17) is 0 Å². The predicted molar refractivity (Wildman–Crippen MR) is 133 cm³/mol. The van der Waals surface area contributed by atoms with Crippen LogP contribution in [0.2, 0.25) is 0 Å². The molecule has 0 aliphatic heterocycles. The Kier molecular flexibility index (Phi) is 8.41. The van der Waals surface area contributed by atoms with E-state index >= 15 is 0 Å². The number of nitrogens with one attached hydrogen (secondary N) is 3. The van der Waals surface area contributed by atoms with Crippen LogP contribution >= 0.6 is 0 Å². The minimum Gasteiger partial charge on any atom is -0.350 e. The van der Waals surface area contributed by atoms with Gasteiger partial charge in [0.1, 0.15) is 11.7 Å². The van der Waals surface area contributed by atoms with E-state index in [1.54, 1.807) is 24.4 Å². The van der Waals surface area contributed by atoms with Crippen molar-refractivity contribution in [1.29, 1.82) is 0 Å². The van der Waals surface area contributed by atoms with Crippen molar-refractivity contribution in [2.24, 2.45) is 0 Å². The van der Waals surface area contributed by atoms with Crippen LogP contribution < -0.4 is 16.0 Å². The molecule has 1 aliphatic carbocycles. The third-order valence-electron chi connectivity index (χ3n) is 6.17. The maximum Gasteiger partial charge on any atom is 0.270 e. The molecule has 176 valence electrons. The van der Waals surface area contributed by atoms with Crippen LogP contribution in [-0.4, -0.2) is 35.4 Å². The molecule has 2 amide bonds. The van der Waals surface area contributed by atoms with Crippen molar-refractivity contribution in [3.05, 3.63) is 102 Å². The van der Waals surface area contributed by atoms with Crippen molar-refractivity contribution in [2.45, 2.75) is 50.2 Å². The van der Waals surface area contributed by atoms with Crippen molar-refractivity contribution >= 4 is 11.8 Å². The largest absolute Gasteiger partial charge is 0.350 e. The molecule has 3 atom stereocenters. The highest BCUT2D eigenvalue weighted by atomic mass is 16.2. The molecule has 1 aromatic heterocycles. The van der Waals surface area contributed by atoms with E-state index in [0.717, 1.165) is 24.9 Å². The van der Waals surface area contributed by atoms with E-state index < -0.39 is 6.04 Å². The molecule has 4 rings (SSSR count). The van der Waals surface area contributed by atoms with Gasteiger partial charge >= 0.3 is 0 Å². The molecule has 3 aromatic rings. The summed E-state index contributed by atoms with van der Waals surface area (Å²) < 4.78 is 0. The first kappa shape index (κ1) is 23.6. The number of carbonyl (C=O) groups excluding carboxylic acids is 2. The summed E-state index contributed by atoms with van der Waals surface area (Å²) in [4.78, 5) is 29.6. The Morgan fingerprint density at radius 2 is 1.65 bits per heavy atom. The zero-order valence-corrected chi connectivity index (χ0v) is 19.3. The van der Waals surface area contributed by atoms with Crippen LogP contribution in [0.25, 0.3) is 0 Å². The standard InChI is InChI=1S/C28H32N4O2/c33-27(31-20-21-11-3-1-4-12-21)25(32-28(34)24-15-7-9-17-29-24)16-8-10-18-30-26-19-23(26)22-13-5-2-6-14-22/h1-7,9,11-15,17,23,25-26,30H,8,10,16,18-20H2,(H,31,33)(H,32,34)/t23-,25?,26+/m0/s1. The molecule has 6 heteroatoms. The highest BCUT2D eigenvalue weighted by Gasteiger charge is 2.37. The zero-order valence-electron chi connectivity index (χ0n) is 19.3. The molecule has 3 N–H and O–H groups in total. The summed E-state index contributed by atoms with van der Waals surface area (Å²) in [5, 5.41) is 9.46. The second-order valence-corrected chi connectivity index (χ2v) is 8.75. The van der Waals surface area contributed by atoms with Gasteiger partial charge in [0.05, 0.1) is 0 Å². The summed E-state index contributed by atoms with van der Waals surface area (Å²) in [6.45, 7) is 1.33. The molecule has 0 spiro atoms. The Labute approximate surface area is 201 Å². The van der Waals surface area contributed by atoms with E-state index in [9.17, 15) is 9.59 Å². The lowest BCUT2D eigenvalue weighted by Crippen LogP contribution is -2.46. The average molecular weight is 457 g/mol. The summed E-state index contributed by atoms with van der Waals surface area (Å²) >= 11 is 0. The number of carbonyl (C=O) groups is 2. The molecule has 2 aromatic carbocycles. The molecule has 0 saturated heterocycles. The van der Waals surface area contributed by atoms with Gasteiger partial charge < -0.3 is 16.0 Å². The van der Waals surface area contributed by atoms with Gasteiger partial charge in [0.25, 0.3) is 5.91 Å². The fourth-order valence-corrected chi connectivity index (χ4v) is 4.16. The van der Waals surface area contributed by atoms with Crippen LogP contribution in [0.4, 0.5) is 0 Å². The predicted octanol–water partition coefficient (Wildman–Crippen LogP) is 3.81. The van der Waals surface area contributed by atoms with E-state index in [1.807, 2.05) is 36.4 Å². The minimum atomic E-state index is -0.601. The normalized spacial score (nSPS) is 17.5. The summed E-state index contributed by atoms with van der Waals surface area (Å²) in [6.07, 6.45) is 5.11. The fraction of sp³-hybridized carbons (Fsp3) is 0.321. The third kappa shape index (κ3) is 6.99. The van der Waals surface area contributed by atoms with Gasteiger partial charge in [-0.15, -0.1) is 0 Å². The molecule has 1 fully saturated rings. The highest BCUT2D eigenvalue weighted by molar-refractivity contribution is 5.96. The van der Waals surface area contributed by atoms with Gasteiger partial charge in [0.15, 0.2) is 0 Å². The second-order valence-electron chi connectivity index (χ2n) is 8.75. The van der Waals surface area contributed by atoms with E-state index in [1.165, 1.54) is 12.0 Å². The highest BCUT2D eigenvalue weighted by Crippen LogP contribution is 2.40. The van der Waals surface area contributed by atoms with Gasteiger partial charge in [-0.2, -0.15) is 0 Å². The van der Waals surface area contributed by atoms with E-state index in [-0.39, 0.29) is 11.8 Å². The van der Waals surface area contributed by atoms with E-state index in [0.29, 0.717) is 30.6 Å². The molecule has 0 bridgehead atoms. The molecule has 1 saturated carbocycles. The molecule has 1 aliphatic rings. The van der Waals surface area contributed by atoms with Crippen molar-refractivity contribution in [3.8, 4) is 0 Å². The monoisotopic (exact) mass is 456 g/mol. The van der Waals surface area contributed by atoms with Gasteiger partial charge in [-0.1, -0.05) is 66.7 Å². The first-order valence-corrected chi connectivity index (χ1v) is 12.0. The summed E-state index contributed by atoms with van der Waals surface area (Å²) in [5.41, 5.74) is 2.73. The number of hydrogen-bond acceptors (Lipinski definition) is 4. The molecule has 0 radical (unpaired) electrons. The Hall–Kier alpha value is -3.51. The van der Waals surface area contributed by atoms with Crippen LogP contribution in [0, 0.1) is 0 Å². The van der Waals surface area contributed by atoms with E-state index in [2.05, 4.69) is 45.2 Å². The Morgan fingerprint density at radius 1 is 0.912 bits per heavy atom. The SMILES string of the molecule is O=C(NC(CCCCN[C@@H]1C[C@H]1c1ccccc1)C(=O)NCc1ccccc1)c1ccccn1. The number of rotatable bonds is 12. The van der Waals surface area contributed by atoms with Gasteiger partial charge in [0, 0.05) is 24.7 Å². The molecular formula is C28H32N4O2. The topological polar surface area (TPSA) is 83.1 Å². The van der Waals surface area contributed by atoms with Gasteiger partial charge in [-0.25, -0.2) is 0 Å². The first-order valence-electron chi connectivity index (χ1n) is 12.0. The Bertz CT molecular complexity index is 1040. The second kappa shape index (κ2) is 12.1. The molecule has 1 unspecified atom stereocenters. The molecular weight excluding hydrogens is 424 g/mol. The summed E-state index contributed by atoms with van der Waals surface area (Å²) in [6, 6.07) is 25.5. The number of amides is 2.